The predicted molar refractivity (Wildman–Crippen MR) is 49.3 cm³/mol. The van der Waals surface area contributed by atoms with E-state index in [2.05, 4.69) is 0 Å². The zero-order valence-corrected chi connectivity index (χ0v) is 8.07. The van der Waals surface area contributed by atoms with Crippen molar-refractivity contribution in [2.24, 2.45) is 0 Å². The van der Waals surface area contributed by atoms with E-state index in [1.807, 2.05) is 0 Å². The molecule has 0 aliphatic rings. The van der Waals surface area contributed by atoms with Gasteiger partial charge in [-0.25, -0.2) is 12.8 Å². The molecule has 0 spiro atoms. The molecule has 3 nitrogen and oxygen atoms in total. The monoisotopic (exact) mass is 223 g/mol. The van der Waals surface area contributed by atoms with E-state index in [1.165, 1.54) is 12.1 Å². The van der Waals surface area contributed by atoms with Gasteiger partial charge in [-0.2, -0.15) is 0 Å². The first kappa shape index (κ1) is 10.3. The average Bonchev–Trinajstić information content (AvgIpc) is 1.94. The number of nitrogen functional groups attached to an aromatic ring is 1. The van der Waals surface area contributed by atoms with Gasteiger partial charge in [0.2, 0.25) is 9.05 Å². The van der Waals surface area contributed by atoms with E-state index >= 15 is 0 Å². The first-order chi connectivity index (χ1) is 5.88. The van der Waals surface area contributed by atoms with Crippen LogP contribution in [-0.4, -0.2) is 8.42 Å². The SMILES string of the molecule is Nc1ccc(F)c(CS(=O)(=O)Cl)c1. The van der Waals surface area contributed by atoms with Crippen LogP contribution in [0.3, 0.4) is 0 Å². The molecule has 1 rings (SSSR count). The minimum atomic E-state index is -3.74. The molecule has 13 heavy (non-hydrogen) atoms. The highest BCUT2D eigenvalue weighted by Gasteiger charge is 2.11. The van der Waals surface area contributed by atoms with Gasteiger partial charge in [-0.05, 0) is 18.2 Å². The lowest BCUT2D eigenvalue weighted by Crippen LogP contribution is -1.99. The molecule has 0 saturated carbocycles. The summed E-state index contributed by atoms with van der Waals surface area (Å²) in [6, 6.07) is 3.70. The van der Waals surface area contributed by atoms with Crippen LogP contribution in [0.4, 0.5) is 10.1 Å². The molecule has 0 bridgehead atoms. The zero-order chi connectivity index (χ0) is 10.1. The Morgan fingerprint density at radius 3 is 2.62 bits per heavy atom. The van der Waals surface area contributed by atoms with Crippen LogP contribution < -0.4 is 5.73 Å². The smallest absolute Gasteiger partial charge is 0.236 e. The molecule has 0 radical (unpaired) electrons. The highest BCUT2D eigenvalue weighted by atomic mass is 35.7. The Morgan fingerprint density at radius 1 is 1.46 bits per heavy atom. The van der Waals surface area contributed by atoms with Gasteiger partial charge in [0.25, 0.3) is 0 Å². The van der Waals surface area contributed by atoms with Crippen LogP contribution in [-0.2, 0) is 14.8 Å². The van der Waals surface area contributed by atoms with Crippen LogP contribution in [0.15, 0.2) is 18.2 Å². The summed E-state index contributed by atoms with van der Waals surface area (Å²) in [5, 5.41) is 0. The summed E-state index contributed by atoms with van der Waals surface area (Å²) in [7, 11) is 1.22. The Bertz CT molecular complexity index is 419. The lowest BCUT2D eigenvalue weighted by molar-refractivity contribution is 0.597. The molecule has 0 heterocycles. The molecule has 0 atom stereocenters. The Labute approximate surface area is 79.7 Å². The fourth-order valence-electron chi connectivity index (χ4n) is 0.891. The molecular formula is C7H7ClFNO2S. The molecule has 0 aliphatic heterocycles. The van der Waals surface area contributed by atoms with E-state index in [1.54, 1.807) is 0 Å². The van der Waals surface area contributed by atoms with Gasteiger partial charge in [0.15, 0.2) is 0 Å². The van der Waals surface area contributed by atoms with Crippen molar-refractivity contribution in [2.45, 2.75) is 5.75 Å². The van der Waals surface area contributed by atoms with E-state index < -0.39 is 20.6 Å². The van der Waals surface area contributed by atoms with Crippen LogP contribution in [0.2, 0.25) is 0 Å². The molecular weight excluding hydrogens is 217 g/mol. The van der Waals surface area contributed by atoms with Crippen molar-refractivity contribution < 1.29 is 12.8 Å². The largest absolute Gasteiger partial charge is 0.399 e. The first-order valence-electron chi connectivity index (χ1n) is 3.35. The Hall–Kier alpha value is -0.810. The van der Waals surface area contributed by atoms with Crippen molar-refractivity contribution in [3.8, 4) is 0 Å². The number of nitrogens with two attached hydrogens (primary N) is 1. The van der Waals surface area contributed by atoms with Gasteiger partial charge < -0.3 is 5.73 Å². The zero-order valence-electron chi connectivity index (χ0n) is 6.50. The predicted octanol–water partition coefficient (Wildman–Crippen LogP) is 1.48. The Morgan fingerprint density at radius 2 is 2.08 bits per heavy atom. The second-order valence-corrected chi connectivity index (χ2v) is 5.31. The first-order valence-corrected chi connectivity index (χ1v) is 5.82. The highest BCUT2D eigenvalue weighted by Crippen LogP contribution is 2.16. The minimum Gasteiger partial charge on any atom is -0.399 e. The molecule has 0 aromatic heterocycles. The van der Waals surface area contributed by atoms with Crippen LogP contribution in [0.1, 0.15) is 5.56 Å². The van der Waals surface area contributed by atoms with Crippen molar-refractivity contribution >= 4 is 25.4 Å². The van der Waals surface area contributed by atoms with Gasteiger partial charge in [-0.3, -0.25) is 0 Å². The molecule has 1 aromatic rings. The third-order valence-corrected chi connectivity index (χ3v) is 2.38. The molecule has 1 aromatic carbocycles. The molecule has 2 N–H and O–H groups in total. The molecule has 0 saturated heterocycles. The van der Waals surface area contributed by atoms with Gasteiger partial charge in [-0.1, -0.05) is 0 Å². The van der Waals surface area contributed by atoms with Crippen molar-refractivity contribution in [1.82, 2.24) is 0 Å². The van der Waals surface area contributed by atoms with Gasteiger partial charge in [0.1, 0.15) is 5.82 Å². The quantitative estimate of drug-likeness (QED) is 0.610. The Balaban J connectivity index is 3.08. The Kier molecular flexibility index (Phi) is 2.77. The molecule has 0 amide bonds. The number of rotatable bonds is 2. The van der Waals surface area contributed by atoms with E-state index in [-0.39, 0.29) is 5.56 Å². The van der Waals surface area contributed by atoms with Crippen LogP contribution in [0.25, 0.3) is 0 Å². The summed E-state index contributed by atoms with van der Waals surface area (Å²) in [5.41, 5.74) is 5.63. The number of benzene rings is 1. The molecule has 72 valence electrons. The van der Waals surface area contributed by atoms with Crippen molar-refractivity contribution in [3.63, 3.8) is 0 Å². The average molecular weight is 224 g/mol. The van der Waals surface area contributed by atoms with E-state index in [9.17, 15) is 12.8 Å². The second kappa shape index (κ2) is 3.51. The molecule has 0 unspecified atom stereocenters. The maximum atomic E-state index is 12.9. The number of halogens is 2. The van der Waals surface area contributed by atoms with Crippen LogP contribution in [0, 0.1) is 5.82 Å². The van der Waals surface area contributed by atoms with Gasteiger partial charge >= 0.3 is 0 Å². The summed E-state index contributed by atoms with van der Waals surface area (Å²) in [4.78, 5) is 0. The third kappa shape index (κ3) is 3.20. The van der Waals surface area contributed by atoms with Crippen molar-refractivity contribution in [3.05, 3.63) is 29.6 Å². The van der Waals surface area contributed by atoms with Gasteiger partial charge in [-0.15, -0.1) is 0 Å². The topological polar surface area (TPSA) is 60.2 Å². The normalized spacial score (nSPS) is 11.5. The molecule has 6 heteroatoms. The maximum Gasteiger partial charge on any atom is 0.236 e. The summed E-state index contributed by atoms with van der Waals surface area (Å²) in [5.74, 6) is -1.18. The third-order valence-electron chi connectivity index (χ3n) is 1.40. The summed E-state index contributed by atoms with van der Waals surface area (Å²) in [6.45, 7) is 0. The van der Waals surface area contributed by atoms with Crippen molar-refractivity contribution in [2.75, 3.05) is 5.73 Å². The van der Waals surface area contributed by atoms with E-state index in [0.717, 1.165) is 6.07 Å². The fraction of sp³-hybridized carbons (Fsp3) is 0.143. The second-order valence-electron chi connectivity index (χ2n) is 2.53. The van der Waals surface area contributed by atoms with Crippen LogP contribution in [0.5, 0.6) is 0 Å². The van der Waals surface area contributed by atoms with E-state index in [0.29, 0.717) is 5.69 Å². The molecule has 0 aliphatic carbocycles. The number of hydrogen-bond acceptors (Lipinski definition) is 3. The summed E-state index contributed by atoms with van der Waals surface area (Å²) < 4.78 is 34.2. The lowest BCUT2D eigenvalue weighted by atomic mass is 10.2. The van der Waals surface area contributed by atoms with Gasteiger partial charge in [0.05, 0.1) is 5.75 Å². The number of hydrogen-bond donors (Lipinski definition) is 1. The lowest BCUT2D eigenvalue weighted by Gasteiger charge is -2.01. The van der Waals surface area contributed by atoms with Crippen molar-refractivity contribution in [1.29, 1.82) is 0 Å². The highest BCUT2D eigenvalue weighted by molar-refractivity contribution is 8.13. The number of anilines is 1. The van der Waals surface area contributed by atoms with Gasteiger partial charge in [0, 0.05) is 21.9 Å². The van der Waals surface area contributed by atoms with Crippen LogP contribution >= 0.6 is 10.7 Å². The fourth-order valence-corrected chi connectivity index (χ4v) is 1.84. The van der Waals surface area contributed by atoms with E-state index in [4.69, 9.17) is 16.4 Å². The minimum absolute atomic E-state index is 0.0185. The summed E-state index contributed by atoms with van der Waals surface area (Å²) in [6.07, 6.45) is 0. The molecule has 0 fully saturated rings. The summed E-state index contributed by atoms with van der Waals surface area (Å²) >= 11 is 0. The standard InChI is InChI=1S/C7H7ClFNO2S/c8-13(11,12)4-5-3-6(10)1-2-7(5)9/h1-3H,4,10H2. The maximum absolute atomic E-state index is 12.9.